The lowest BCUT2D eigenvalue weighted by Gasteiger charge is -2.41. The molecule has 0 unspecified atom stereocenters. The topological polar surface area (TPSA) is 58.6 Å². The molecule has 1 saturated carbocycles. The summed E-state index contributed by atoms with van der Waals surface area (Å²) in [6, 6.07) is 15.6. The Morgan fingerprint density at radius 3 is 2.32 bits per heavy atom. The van der Waals surface area contributed by atoms with Crippen LogP contribution in [0.1, 0.15) is 42.9 Å². The van der Waals surface area contributed by atoms with Crippen molar-refractivity contribution in [3.63, 3.8) is 0 Å². The van der Waals surface area contributed by atoms with E-state index in [4.69, 9.17) is 4.74 Å². The van der Waals surface area contributed by atoms with Gasteiger partial charge in [0, 0.05) is 18.2 Å². The number of aryl methyl sites for hydroxylation is 1. The minimum absolute atomic E-state index is 0.0490. The average molecular weight is 378 g/mol. The molecule has 2 aliphatic rings. The maximum absolute atomic E-state index is 13.0. The molecule has 1 N–H and O–H groups in total. The molecule has 146 valence electrons. The summed E-state index contributed by atoms with van der Waals surface area (Å²) in [5.74, 6) is 0.591. The SMILES string of the molecule is COc1ccc([C@@H]2[C@@H](C(=O)NC3CC3)CCC(=O)N2c2ccc(C)cc2)cc1. The predicted molar refractivity (Wildman–Crippen MR) is 108 cm³/mol. The molecule has 2 aromatic rings. The lowest BCUT2D eigenvalue weighted by atomic mass is 9.83. The largest absolute Gasteiger partial charge is 0.497 e. The van der Waals surface area contributed by atoms with Crippen LogP contribution >= 0.6 is 0 Å². The van der Waals surface area contributed by atoms with Crippen LogP contribution < -0.4 is 15.0 Å². The monoisotopic (exact) mass is 378 g/mol. The maximum atomic E-state index is 13.0. The molecule has 0 bridgehead atoms. The van der Waals surface area contributed by atoms with Crippen LogP contribution in [-0.4, -0.2) is 25.0 Å². The Hall–Kier alpha value is -2.82. The number of piperidine rings is 1. The van der Waals surface area contributed by atoms with E-state index in [1.54, 1.807) is 7.11 Å². The molecular weight excluding hydrogens is 352 g/mol. The molecule has 5 nitrogen and oxygen atoms in total. The lowest BCUT2D eigenvalue weighted by molar-refractivity contribution is -0.129. The molecule has 2 aromatic carbocycles. The molecule has 0 spiro atoms. The third-order valence-electron chi connectivity index (χ3n) is 5.63. The predicted octanol–water partition coefficient (Wildman–Crippen LogP) is 3.77. The molecular formula is C23H26N2O3. The fraction of sp³-hybridized carbons (Fsp3) is 0.391. The summed E-state index contributed by atoms with van der Waals surface area (Å²) < 4.78 is 5.28. The van der Waals surface area contributed by atoms with Gasteiger partial charge in [-0.1, -0.05) is 29.8 Å². The van der Waals surface area contributed by atoms with Crippen molar-refractivity contribution in [2.24, 2.45) is 5.92 Å². The van der Waals surface area contributed by atoms with E-state index in [1.807, 2.05) is 60.4 Å². The van der Waals surface area contributed by atoms with Crippen LogP contribution in [0.15, 0.2) is 48.5 Å². The van der Waals surface area contributed by atoms with E-state index in [0.717, 1.165) is 35.4 Å². The van der Waals surface area contributed by atoms with Gasteiger partial charge in [-0.2, -0.15) is 0 Å². The Balaban J connectivity index is 1.74. The first-order valence-electron chi connectivity index (χ1n) is 9.90. The number of hydrogen-bond acceptors (Lipinski definition) is 3. The van der Waals surface area contributed by atoms with Crippen LogP contribution in [0.25, 0.3) is 0 Å². The highest BCUT2D eigenvalue weighted by atomic mass is 16.5. The van der Waals surface area contributed by atoms with Gasteiger partial charge in [0.15, 0.2) is 0 Å². The smallest absolute Gasteiger partial charge is 0.227 e. The van der Waals surface area contributed by atoms with E-state index in [1.165, 1.54) is 0 Å². The molecule has 0 aromatic heterocycles. The van der Waals surface area contributed by atoms with Crippen LogP contribution in [0.3, 0.4) is 0 Å². The summed E-state index contributed by atoms with van der Waals surface area (Å²) in [5, 5.41) is 3.14. The summed E-state index contributed by atoms with van der Waals surface area (Å²) in [7, 11) is 1.63. The van der Waals surface area contributed by atoms with Gasteiger partial charge in [-0.15, -0.1) is 0 Å². The molecule has 4 rings (SSSR count). The van der Waals surface area contributed by atoms with Crippen molar-refractivity contribution in [2.45, 2.75) is 44.7 Å². The zero-order valence-electron chi connectivity index (χ0n) is 16.4. The van der Waals surface area contributed by atoms with Crippen LogP contribution in [0, 0.1) is 12.8 Å². The third-order valence-corrected chi connectivity index (χ3v) is 5.63. The number of anilines is 1. The van der Waals surface area contributed by atoms with Crippen LogP contribution in [-0.2, 0) is 9.59 Å². The van der Waals surface area contributed by atoms with Gasteiger partial charge in [0.2, 0.25) is 11.8 Å². The van der Waals surface area contributed by atoms with Gasteiger partial charge < -0.3 is 15.0 Å². The van der Waals surface area contributed by atoms with E-state index in [9.17, 15) is 9.59 Å². The van der Waals surface area contributed by atoms with Gasteiger partial charge in [-0.25, -0.2) is 0 Å². The normalized spacial score (nSPS) is 22.1. The van der Waals surface area contributed by atoms with Crippen molar-refractivity contribution in [3.8, 4) is 5.75 Å². The van der Waals surface area contributed by atoms with Crippen molar-refractivity contribution in [3.05, 3.63) is 59.7 Å². The Kier molecular flexibility index (Phi) is 5.07. The second-order valence-corrected chi connectivity index (χ2v) is 7.75. The van der Waals surface area contributed by atoms with Gasteiger partial charge >= 0.3 is 0 Å². The highest BCUT2D eigenvalue weighted by Gasteiger charge is 2.42. The Morgan fingerprint density at radius 2 is 1.71 bits per heavy atom. The summed E-state index contributed by atoms with van der Waals surface area (Å²) in [4.78, 5) is 27.8. The zero-order valence-corrected chi connectivity index (χ0v) is 16.4. The van der Waals surface area contributed by atoms with Gasteiger partial charge in [-0.3, -0.25) is 9.59 Å². The highest BCUT2D eigenvalue weighted by Crippen LogP contribution is 2.41. The molecule has 2 fully saturated rings. The van der Waals surface area contributed by atoms with Crippen molar-refractivity contribution in [1.82, 2.24) is 5.32 Å². The van der Waals surface area contributed by atoms with Gasteiger partial charge in [0.05, 0.1) is 19.1 Å². The number of nitrogens with zero attached hydrogens (tertiary/aromatic N) is 1. The second-order valence-electron chi connectivity index (χ2n) is 7.75. The molecule has 2 atom stereocenters. The van der Waals surface area contributed by atoms with E-state index >= 15 is 0 Å². The van der Waals surface area contributed by atoms with Crippen LogP contribution in [0.4, 0.5) is 5.69 Å². The lowest BCUT2D eigenvalue weighted by Crippen LogP contribution is -2.48. The molecule has 1 saturated heterocycles. The maximum Gasteiger partial charge on any atom is 0.227 e. The summed E-state index contributed by atoms with van der Waals surface area (Å²) in [6.45, 7) is 2.02. The van der Waals surface area contributed by atoms with Crippen molar-refractivity contribution < 1.29 is 14.3 Å². The molecule has 0 radical (unpaired) electrons. The number of ether oxygens (including phenoxy) is 1. The number of carbonyl (C=O) groups is 2. The molecule has 1 aliphatic carbocycles. The standard InChI is InChI=1S/C23H26N2O3/c1-15-3-9-18(10-4-15)25-21(26)14-13-20(23(27)24-17-7-8-17)22(25)16-5-11-19(28-2)12-6-16/h3-6,9-12,17,20,22H,7-8,13-14H2,1-2H3,(H,24,27)/t20-,22+/m0/s1. The minimum Gasteiger partial charge on any atom is -0.497 e. The van der Waals surface area contributed by atoms with Crippen LogP contribution in [0.5, 0.6) is 5.75 Å². The van der Waals surface area contributed by atoms with Gasteiger partial charge in [0.1, 0.15) is 5.75 Å². The number of carbonyl (C=O) groups excluding carboxylic acids is 2. The first-order valence-corrected chi connectivity index (χ1v) is 9.90. The second kappa shape index (κ2) is 7.66. The fourth-order valence-electron chi connectivity index (χ4n) is 3.90. The molecule has 28 heavy (non-hydrogen) atoms. The van der Waals surface area contributed by atoms with Gasteiger partial charge in [-0.05, 0) is 56.0 Å². The molecule has 5 heteroatoms. The number of hydrogen-bond donors (Lipinski definition) is 1. The van der Waals surface area contributed by atoms with E-state index in [-0.39, 0.29) is 23.8 Å². The fourth-order valence-corrected chi connectivity index (χ4v) is 3.90. The van der Waals surface area contributed by atoms with Crippen molar-refractivity contribution in [1.29, 1.82) is 0 Å². The summed E-state index contributed by atoms with van der Waals surface area (Å²) >= 11 is 0. The molecule has 1 aliphatic heterocycles. The Bertz CT molecular complexity index is 856. The number of amides is 2. The summed E-state index contributed by atoms with van der Waals surface area (Å²) in [5.41, 5.74) is 2.92. The number of benzene rings is 2. The van der Waals surface area contributed by atoms with Crippen LogP contribution in [0.2, 0.25) is 0 Å². The number of nitrogens with one attached hydrogen (secondary N) is 1. The molecule has 2 amide bonds. The van der Waals surface area contributed by atoms with Crippen molar-refractivity contribution in [2.75, 3.05) is 12.0 Å². The van der Waals surface area contributed by atoms with Crippen molar-refractivity contribution >= 4 is 17.5 Å². The quantitative estimate of drug-likeness (QED) is 0.862. The molecule has 1 heterocycles. The Labute approximate surface area is 165 Å². The van der Waals surface area contributed by atoms with E-state index in [2.05, 4.69) is 5.32 Å². The minimum atomic E-state index is -0.325. The van der Waals surface area contributed by atoms with E-state index < -0.39 is 0 Å². The van der Waals surface area contributed by atoms with E-state index in [0.29, 0.717) is 18.9 Å². The van der Waals surface area contributed by atoms with Gasteiger partial charge in [0.25, 0.3) is 0 Å². The highest BCUT2D eigenvalue weighted by molar-refractivity contribution is 5.97. The third kappa shape index (κ3) is 3.75. The average Bonchev–Trinajstić information content (AvgIpc) is 3.52. The summed E-state index contributed by atoms with van der Waals surface area (Å²) in [6.07, 6.45) is 3.04. The number of methoxy groups -OCH3 is 1. The zero-order chi connectivity index (χ0) is 19.7. The first-order chi connectivity index (χ1) is 13.6. The Morgan fingerprint density at radius 1 is 1.04 bits per heavy atom. The first kappa shape index (κ1) is 18.5. The number of rotatable bonds is 5.